The van der Waals surface area contributed by atoms with Crippen molar-refractivity contribution in [1.82, 2.24) is 0 Å². The Morgan fingerprint density at radius 3 is 2.33 bits per heavy atom. The van der Waals surface area contributed by atoms with Gasteiger partial charge in [-0.3, -0.25) is 0 Å². The molecule has 0 heteroatoms. The lowest BCUT2D eigenvalue weighted by Gasteiger charge is -2.25. The second-order valence-corrected chi connectivity index (χ2v) is 3.82. The van der Waals surface area contributed by atoms with Crippen LogP contribution in [-0.2, 0) is 0 Å². The summed E-state index contributed by atoms with van der Waals surface area (Å²) in [5.74, 6) is 0.887. The van der Waals surface area contributed by atoms with Crippen molar-refractivity contribution in [2.45, 2.75) is 40.0 Å². The predicted molar refractivity (Wildman–Crippen MR) is 41.1 cm³/mol. The number of rotatable bonds is 1. The lowest BCUT2D eigenvalue weighted by Crippen LogP contribution is -2.16. The molecule has 1 fully saturated rings. The van der Waals surface area contributed by atoms with Crippen LogP contribution in [-0.4, -0.2) is 0 Å². The first-order valence-corrected chi connectivity index (χ1v) is 3.96. The molecule has 0 aromatic carbocycles. The van der Waals surface area contributed by atoms with Gasteiger partial charge < -0.3 is 0 Å². The fourth-order valence-corrected chi connectivity index (χ4v) is 1.97. The van der Waals surface area contributed by atoms with E-state index in [-0.39, 0.29) is 0 Å². The highest BCUT2D eigenvalue weighted by atomic mass is 14.4. The average molecular weight is 125 g/mol. The maximum absolute atomic E-state index is 2.38. The van der Waals surface area contributed by atoms with Crippen molar-refractivity contribution in [2.75, 3.05) is 0 Å². The van der Waals surface area contributed by atoms with Gasteiger partial charge in [-0.15, -0.1) is 0 Å². The van der Waals surface area contributed by atoms with E-state index < -0.39 is 0 Å². The van der Waals surface area contributed by atoms with Crippen LogP contribution in [0.5, 0.6) is 0 Å². The molecule has 0 aromatic rings. The monoisotopic (exact) mass is 125 g/mol. The van der Waals surface area contributed by atoms with Gasteiger partial charge >= 0.3 is 0 Å². The molecular formula is C9H17. The second kappa shape index (κ2) is 2.32. The number of hydrogen-bond donors (Lipinski definition) is 0. The maximum Gasteiger partial charge on any atom is -0.0323 e. The zero-order chi connectivity index (χ0) is 6.91. The van der Waals surface area contributed by atoms with Crippen LogP contribution in [0.2, 0.25) is 0 Å². The normalized spacial score (nSPS) is 33.0. The van der Waals surface area contributed by atoms with Crippen molar-refractivity contribution in [3.63, 3.8) is 0 Å². The molecule has 0 nitrogen and oxygen atoms in total. The fourth-order valence-electron chi connectivity index (χ4n) is 1.97. The molecular weight excluding hydrogens is 108 g/mol. The lowest BCUT2D eigenvalue weighted by molar-refractivity contribution is 0.293. The molecule has 0 aromatic heterocycles. The van der Waals surface area contributed by atoms with E-state index in [9.17, 15) is 0 Å². The van der Waals surface area contributed by atoms with Crippen molar-refractivity contribution in [2.24, 2.45) is 11.3 Å². The predicted octanol–water partition coefficient (Wildman–Crippen LogP) is 3.04. The first kappa shape index (κ1) is 7.11. The Balaban J connectivity index is 2.52. The Bertz CT molecular complexity index is 92.2. The van der Waals surface area contributed by atoms with Crippen molar-refractivity contribution >= 4 is 0 Å². The van der Waals surface area contributed by atoms with E-state index in [1.54, 1.807) is 0 Å². The first-order chi connectivity index (χ1) is 4.17. The average Bonchev–Trinajstić information content (AvgIpc) is 2.08. The van der Waals surface area contributed by atoms with Crippen molar-refractivity contribution < 1.29 is 0 Å². The first-order valence-electron chi connectivity index (χ1n) is 3.96. The smallest absolute Gasteiger partial charge is 0.0323 e. The minimum absolute atomic E-state index is 0.606. The summed E-state index contributed by atoms with van der Waals surface area (Å²) in [4.78, 5) is 0. The molecule has 0 N–H and O–H groups in total. The molecule has 9 heavy (non-hydrogen) atoms. The quantitative estimate of drug-likeness (QED) is 0.505. The van der Waals surface area contributed by atoms with Crippen molar-refractivity contribution in [3.8, 4) is 0 Å². The molecule has 0 amide bonds. The SMILES string of the molecule is C[CH]C1CCCC1(C)C. The van der Waals surface area contributed by atoms with E-state index in [0.717, 1.165) is 5.92 Å². The summed E-state index contributed by atoms with van der Waals surface area (Å²) >= 11 is 0. The Morgan fingerprint density at radius 2 is 2.11 bits per heavy atom. The minimum atomic E-state index is 0.606. The fraction of sp³-hybridized carbons (Fsp3) is 0.889. The van der Waals surface area contributed by atoms with Gasteiger partial charge in [0.15, 0.2) is 0 Å². The molecule has 0 bridgehead atoms. The van der Waals surface area contributed by atoms with Crippen LogP contribution in [0.1, 0.15) is 40.0 Å². The summed E-state index contributed by atoms with van der Waals surface area (Å²) in [5, 5.41) is 0. The van der Waals surface area contributed by atoms with E-state index in [1.165, 1.54) is 19.3 Å². The molecule has 0 spiro atoms. The third kappa shape index (κ3) is 1.28. The molecule has 1 aliphatic rings. The molecule has 1 radical (unpaired) electrons. The topological polar surface area (TPSA) is 0 Å². The molecule has 1 saturated carbocycles. The Hall–Kier alpha value is 0. The minimum Gasteiger partial charge on any atom is -0.0620 e. The highest BCUT2D eigenvalue weighted by Crippen LogP contribution is 2.43. The molecule has 1 unspecified atom stereocenters. The Morgan fingerprint density at radius 1 is 1.44 bits per heavy atom. The maximum atomic E-state index is 2.38. The molecule has 1 rings (SSSR count). The molecule has 1 aliphatic carbocycles. The van der Waals surface area contributed by atoms with Crippen LogP contribution in [0, 0.1) is 17.8 Å². The van der Waals surface area contributed by atoms with Crippen LogP contribution in [0.25, 0.3) is 0 Å². The van der Waals surface area contributed by atoms with E-state index in [0.29, 0.717) is 5.41 Å². The van der Waals surface area contributed by atoms with Crippen molar-refractivity contribution in [3.05, 3.63) is 6.42 Å². The standard InChI is InChI=1S/C9H17/c1-4-8-6-5-7-9(8,2)3/h4,8H,5-7H2,1-3H3. The van der Waals surface area contributed by atoms with Gasteiger partial charge in [-0.1, -0.05) is 27.2 Å². The molecule has 53 valence electrons. The van der Waals surface area contributed by atoms with Crippen LogP contribution in [0.15, 0.2) is 0 Å². The summed E-state index contributed by atoms with van der Waals surface area (Å²) in [5.41, 5.74) is 0.606. The third-order valence-electron chi connectivity index (χ3n) is 2.74. The second-order valence-electron chi connectivity index (χ2n) is 3.82. The highest BCUT2D eigenvalue weighted by Gasteiger charge is 2.32. The summed E-state index contributed by atoms with van der Waals surface area (Å²) in [6.07, 6.45) is 6.64. The van der Waals surface area contributed by atoms with E-state index in [2.05, 4.69) is 27.2 Å². The van der Waals surface area contributed by atoms with Gasteiger partial charge in [0.05, 0.1) is 0 Å². The Kier molecular flexibility index (Phi) is 1.83. The lowest BCUT2D eigenvalue weighted by atomic mass is 9.80. The molecule has 0 aliphatic heterocycles. The van der Waals surface area contributed by atoms with Gasteiger partial charge in [-0.25, -0.2) is 0 Å². The zero-order valence-corrected chi connectivity index (χ0v) is 6.78. The molecule has 0 saturated heterocycles. The Labute approximate surface area is 58.7 Å². The third-order valence-corrected chi connectivity index (χ3v) is 2.74. The van der Waals surface area contributed by atoms with Crippen molar-refractivity contribution in [1.29, 1.82) is 0 Å². The van der Waals surface area contributed by atoms with E-state index >= 15 is 0 Å². The summed E-state index contributed by atoms with van der Waals surface area (Å²) in [6.45, 7) is 6.95. The van der Waals surface area contributed by atoms with Crippen LogP contribution in [0.3, 0.4) is 0 Å². The van der Waals surface area contributed by atoms with Gasteiger partial charge in [-0.05, 0) is 30.6 Å². The van der Waals surface area contributed by atoms with Gasteiger partial charge in [0.1, 0.15) is 0 Å². The van der Waals surface area contributed by atoms with Gasteiger partial charge in [-0.2, -0.15) is 0 Å². The van der Waals surface area contributed by atoms with Gasteiger partial charge in [0.2, 0.25) is 0 Å². The molecule has 1 atom stereocenters. The van der Waals surface area contributed by atoms with Gasteiger partial charge in [0, 0.05) is 0 Å². The van der Waals surface area contributed by atoms with Crippen LogP contribution < -0.4 is 0 Å². The number of hydrogen-bond acceptors (Lipinski definition) is 0. The molecule has 0 heterocycles. The van der Waals surface area contributed by atoms with Gasteiger partial charge in [0.25, 0.3) is 0 Å². The summed E-state index contributed by atoms with van der Waals surface area (Å²) in [6, 6.07) is 0. The van der Waals surface area contributed by atoms with E-state index in [4.69, 9.17) is 0 Å². The highest BCUT2D eigenvalue weighted by molar-refractivity contribution is 4.90. The largest absolute Gasteiger partial charge is 0.0620 e. The zero-order valence-electron chi connectivity index (χ0n) is 6.78. The van der Waals surface area contributed by atoms with Crippen LogP contribution >= 0.6 is 0 Å². The van der Waals surface area contributed by atoms with Crippen LogP contribution in [0.4, 0.5) is 0 Å². The summed E-state index contributed by atoms with van der Waals surface area (Å²) in [7, 11) is 0. The summed E-state index contributed by atoms with van der Waals surface area (Å²) < 4.78 is 0. The van der Waals surface area contributed by atoms with E-state index in [1.807, 2.05) is 0 Å².